The lowest BCUT2D eigenvalue weighted by molar-refractivity contribution is 0.00751. The normalized spacial score (nSPS) is 39.6. The Hall–Kier alpha value is -0.570. The highest BCUT2D eigenvalue weighted by Crippen LogP contribution is 2.54. The van der Waals surface area contributed by atoms with Gasteiger partial charge in [-0.2, -0.15) is 0 Å². The van der Waals surface area contributed by atoms with Crippen LogP contribution in [0.4, 0.5) is 5.69 Å². The number of hydrogen-bond acceptors (Lipinski definition) is 2. The molecule has 1 aromatic heterocycles. The van der Waals surface area contributed by atoms with Crippen LogP contribution in [-0.4, -0.2) is 11.0 Å². The van der Waals surface area contributed by atoms with E-state index in [4.69, 9.17) is 0 Å². The average Bonchev–Trinajstić information content (AvgIpc) is 2.35. The molecule has 0 radical (unpaired) electrons. The average molecular weight is 321 g/mol. The Labute approximate surface area is 123 Å². The van der Waals surface area contributed by atoms with Gasteiger partial charge in [-0.25, -0.2) is 4.98 Å². The van der Waals surface area contributed by atoms with Crippen LogP contribution in [0.15, 0.2) is 16.7 Å². The first-order valence-corrected chi connectivity index (χ1v) is 8.38. The molecule has 4 saturated carbocycles. The molecule has 4 aliphatic carbocycles. The summed E-state index contributed by atoms with van der Waals surface area (Å²) in [5.74, 6) is 3.92. The fraction of sp³-hybridized carbons (Fsp3) is 0.688. The first-order chi connectivity index (χ1) is 9.19. The summed E-state index contributed by atoms with van der Waals surface area (Å²) in [6.07, 6.45) is 7.39. The number of nitrogens with one attached hydrogen (secondary N) is 1. The van der Waals surface area contributed by atoms with Gasteiger partial charge in [-0.3, -0.25) is 0 Å². The number of aryl methyl sites for hydroxylation is 1. The molecule has 102 valence electrons. The molecule has 0 atom stereocenters. The van der Waals surface area contributed by atoms with Crippen molar-refractivity contribution in [1.29, 1.82) is 0 Å². The van der Waals surface area contributed by atoms with Crippen LogP contribution >= 0.6 is 15.9 Å². The van der Waals surface area contributed by atoms with Crippen LogP contribution in [-0.2, 0) is 0 Å². The van der Waals surface area contributed by atoms with Crippen molar-refractivity contribution in [2.75, 3.05) is 5.32 Å². The highest BCUT2D eigenvalue weighted by Gasteiger charge is 2.48. The smallest absolute Gasteiger partial charge is 0.106 e. The van der Waals surface area contributed by atoms with E-state index < -0.39 is 0 Å². The van der Waals surface area contributed by atoms with Gasteiger partial charge < -0.3 is 5.32 Å². The van der Waals surface area contributed by atoms with Crippen molar-refractivity contribution in [3.05, 3.63) is 22.4 Å². The Morgan fingerprint density at radius 2 is 1.68 bits per heavy atom. The molecule has 0 aromatic carbocycles. The summed E-state index contributed by atoms with van der Waals surface area (Å²) >= 11 is 3.44. The van der Waals surface area contributed by atoms with E-state index in [1.807, 2.05) is 6.07 Å². The van der Waals surface area contributed by atoms with Crippen LogP contribution in [0.1, 0.15) is 37.8 Å². The van der Waals surface area contributed by atoms with E-state index in [1.165, 1.54) is 37.8 Å². The summed E-state index contributed by atoms with van der Waals surface area (Å²) in [6.45, 7) is 2.10. The lowest BCUT2D eigenvalue weighted by Crippen LogP contribution is -2.51. The van der Waals surface area contributed by atoms with E-state index in [9.17, 15) is 0 Å². The largest absolute Gasteiger partial charge is 0.380 e. The third-order valence-electron chi connectivity index (χ3n) is 5.60. The number of anilines is 1. The van der Waals surface area contributed by atoms with Crippen LogP contribution in [0.2, 0.25) is 0 Å². The van der Waals surface area contributed by atoms with Crippen molar-refractivity contribution >= 4 is 21.6 Å². The first kappa shape index (κ1) is 12.2. The monoisotopic (exact) mass is 320 g/mol. The summed E-state index contributed by atoms with van der Waals surface area (Å²) in [5, 5.41) is 3.84. The molecule has 2 nitrogen and oxygen atoms in total. The predicted octanol–water partition coefficient (Wildman–Crippen LogP) is 4.39. The van der Waals surface area contributed by atoms with Crippen molar-refractivity contribution in [3.8, 4) is 0 Å². The fourth-order valence-corrected chi connectivity index (χ4v) is 5.42. The maximum Gasteiger partial charge on any atom is 0.106 e. The minimum Gasteiger partial charge on any atom is -0.380 e. The minimum absolute atomic E-state index is 0.703. The van der Waals surface area contributed by atoms with Gasteiger partial charge in [0.25, 0.3) is 0 Å². The molecule has 19 heavy (non-hydrogen) atoms. The number of nitrogens with zero attached hydrogens (tertiary/aromatic N) is 1. The number of aromatic nitrogens is 1. The van der Waals surface area contributed by atoms with Crippen LogP contribution in [0, 0.1) is 30.6 Å². The molecule has 4 fully saturated rings. The maximum absolute atomic E-state index is 4.51. The lowest BCUT2D eigenvalue weighted by Gasteiger charge is -2.54. The number of pyridine rings is 1. The fourth-order valence-electron chi connectivity index (χ4n) is 5.02. The topological polar surface area (TPSA) is 24.9 Å². The summed E-state index contributed by atoms with van der Waals surface area (Å²) < 4.78 is 0.931. The third-order valence-corrected chi connectivity index (χ3v) is 6.04. The lowest BCUT2D eigenvalue weighted by atomic mass is 9.54. The Morgan fingerprint density at radius 1 is 1.05 bits per heavy atom. The number of hydrogen-bond donors (Lipinski definition) is 1. The minimum atomic E-state index is 0.703. The van der Waals surface area contributed by atoms with Crippen LogP contribution in [0.3, 0.4) is 0 Å². The molecule has 0 amide bonds. The van der Waals surface area contributed by atoms with Crippen LogP contribution in [0.25, 0.3) is 0 Å². The number of rotatable bonds is 2. The van der Waals surface area contributed by atoms with Gasteiger partial charge in [-0.05, 0) is 90.8 Å². The summed E-state index contributed by atoms with van der Waals surface area (Å²) in [5.41, 5.74) is 2.35. The summed E-state index contributed by atoms with van der Waals surface area (Å²) in [7, 11) is 0. The standard InChI is InChI=1S/C16H21BrN2/c1-9-14(2-3-15(17)18-9)19-16-12-5-10-4-11(7-12)8-13(16)6-10/h2-3,10-13,16,19H,4-8H2,1H3. The Morgan fingerprint density at radius 3 is 2.26 bits per heavy atom. The summed E-state index contributed by atoms with van der Waals surface area (Å²) in [4.78, 5) is 4.51. The van der Waals surface area contributed by atoms with Gasteiger partial charge in [0, 0.05) is 6.04 Å². The second kappa shape index (κ2) is 4.47. The zero-order valence-electron chi connectivity index (χ0n) is 11.4. The van der Waals surface area contributed by atoms with Gasteiger partial charge in [-0.15, -0.1) is 0 Å². The van der Waals surface area contributed by atoms with E-state index in [2.05, 4.69) is 39.2 Å². The van der Waals surface area contributed by atoms with E-state index in [-0.39, 0.29) is 0 Å². The maximum atomic E-state index is 4.51. The van der Waals surface area contributed by atoms with Crippen molar-refractivity contribution < 1.29 is 0 Å². The van der Waals surface area contributed by atoms with E-state index in [0.29, 0.717) is 6.04 Å². The second-order valence-corrected chi connectivity index (χ2v) is 7.68. The van der Waals surface area contributed by atoms with E-state index in [0.717, 1.165) is 34.0 Å². The molecule has 0 unspecified atom stereocenters. The van der Waals surface area contributed by atoms with E-state index in [1.54, 1.807) is 0 Å². The second-order valence-electron chi connectivity index (χ2n) is 6.87. The van der Waals surface area contributed by atoms with Crippen LogP contribution < -0.4 is 5.32 Å². The SMILES string of the molecule is Cc1nc(Br)ccc1NC1C2CC3CC(C2)CC1C3. The molecule has 1 aromatic rings. The van der Waals surface area contributed by atoms with Gasteiger partial charge in [-0.1, -0.05) is 0 Å². The van der Waals surface area contributed by atoms with Crippen molar-refractivity contribution in [1.82, 2.24) is 4.98 Å². The highest BCUT2D eigenvalue weighted by molar-refractivity contribution is 9.10. The molecule has 1 heterocycles. The zero-order chi connectivity index (χ0) is 13.0. The first-order valence-electron chi connectivity index (χ1n) is 7.58. The molecule has 0 spiro atoms. The van der Waals surface area contributed by atoms with Crippen LogP contribution in [0.5, 0.6) is 0 Å². The summed E-state index contributed by atoms with van der Waals surface area (Å²) in [6, 6.07) is 4.93. The van der Waals surface area contributed by atoms with Crippen molar-refractivity contribution in [2.24, 2.45) is 23.7 Å². The van der Waals surface area contributed by atoms with Gasteiger partial charge in [0.05, 0.1) is 11.4 Å². The molecule has 4 aliphatic rings. The van der Waals surface area contributed by atoms with Crippen molar-refractivity contribution in [3.63, 3.8) is 0 Å². The van der Waals surface area contributed by atoms with Gasteiger partial charge >= 0.3 is 0 Å². The Bertz CT molecular complexity index is 472. The number of halogens is 1. The molecule has 4 bridgehead atoms. The van der Waals surface area contributed by atoms with Gasteiger partial charge in [0.15, 0.2) is 0 Å². The molecule has 0 saturated heterocycles. The Kier molecular flexibility index (Phi) is 2.87. The van der Waals surface area contributed by atoms with Gasteiger partial charge in [0.1, 0.15) is 4.60 Å². The third kappa shape index (κ3) is 2.10. The predicted molar refractivity (Wildman–Crippen MR) is 81.1 cm³/mol. The van der Waals surface area contributed by atoms with Gasteiger partial charge in [0.2, 0.25) is 0 Å². The molecule has 1 N–H and O–H groups in total. The zero-order valence-corrected chi connectivity index (χ0v) is 13.0. The highest BCUT2D eigenvalue weighted by atomic mass is 79.9. The van der Waals surface area contributed by atoms with E-state index >= 15 is 0 Å². The quantitative estimate of drug-likeness (QED) is 0.817. The molecule has 0 aliphatic heterocycles. The van der Waals surface area contributed by atoms with Crippen molar-refractivity contribution in [2.45, 2.75) is 45.1 Å². The molecule has 5 rings (SSSR count). The molecular weight excluding hydrogens is 300 g/mol. The molecular formula is C16H21BrN2. The molecule has 3 heteroatoms. The Balaban J connectivity index is 1.56.